The maximum Gasteiger partial charge on any atom is 0.325 e. The predicted octanol–water partition coefficient (Wildman–Crippen LogP) is -1.43. The van der Waals surface area contributed by atoms with E-state index < -0.39 is 26.2 Å². The molecule has 1 atom stereocenters. The first-order chi connectivity index (χ1) is 8.96. The van der Waals surface area contributed by atoms with E-state index in [2.05, 4.69) is 4.98 Å². The largest absolute Gasteiger partial charge is 0.329 e. The van der Waals surface area contributed by atoms with Crippen LogP contribution in [0.3, 0.4) is 0 Å². The minimum Gasteiger partial charge on any atom is -0.329 e. The highest BCUT2D eigenvalue weighted by atomic mass is 32.2. The van der Waals surface area contributed by atoms with Gasteiger partial charge in [0.2, 0.25) is 10.0 Å². The van der Waals surface area contributed by atoms with E-state index >= 15 is 0 Å². The summed E-state index contributed by atoms with van der Waals surface area (Å²) in [6.07, 6.45) is 3.25. The fourth-order valence-electron chi connectivity index (χ4n) is 2.24. The average molecular weight is 288 g/mol. The van der Waals surface area contributed by atoms with Gasteiger partial charge in [0, 0.05) is 25.3 Å². The van der Waals surface area contributed by atoms with Crippen molar-refractivity contribution in [1.82, 2.24) is 14.3 Å². The summed E-state index contributed by atoms with van der Waals surface area (Å²) in [5, 5.41) is 0. The minimum absolute atomic E-state index is 0.209. The van der Waals surface area contributed by atoms with Gasteiger partial charge in [0.15, 0.2) is 4.90 Å². The Kier molecular flexibility index (Phi) is 3.88. The molecule has 0 radical (unpaired) electrons. The number of aromatic amines is 2. The maximum atomic E-state index is 12.4. The van der Waals surface area contributed by atoms with Crippen LogP contribution in [0.5, 0.6) is 0 Å². The van der Waals surface area contributed by atoms with Crippen LogP contribution in [0.4, 0.5) is 0 Å². The minimum atomic E-state index is -3.93. The summed E-state index contributed by atoms with van der Waals surface area (Å²) in [5.41, 5.74) is 3.93. The lowest BCUT2D eigenvalue weighted by Gasteiger charge is -2.33. The van der Waals surface area contributed by atoms with Gasteiger partial charge in [-0.2, -0.15) is 4.31 Å². The van der Waals surface area contributed by atoms with E-state index in [-0.39, 0.29) is 12.6 Å². The molecule has 1 saturated heterocycles. The molecule has 1 aromatic heterocycles. The molecule has 0 spiro atoms. The fraction of sp³-hybridized carbons (Fsp3) is 0.600. The van der Waals surface area contributed by atoms with Crippen LogP contribution in [0.2, 0.25) is 0 Å². The lowest BCUT2D eigenvalue weighted by atomic mass is 10.1. The van der Waals surface area contributed by atoms with E-state index in [4.69, 9.17) is 5.73 Å². The van der Waals surface area contributed by atoms with Crippen molar-refractivity contribution in [2.24, 2.45) is 5.73 Å². The molecule has 1 aliphatic rings. The van der Waals surface area contributed by atoms with Gasteiger partial charge in [-0.25, -0.2) is 13.2 Å². The first-order valence-corrected chi connectivity index (χ1v) is 7.44. The first-order valence-electron chi connectivity index (χ1n) is 6.00. The molecule has 8 nitrogen and oxygen atoms in total. The Labute approximate surface area is 109 Å². The van der Waals surface area contributed by atoms with E-state index in [0.717, 1.165) is 19.0 Å². The first kappa shape index (κ1) is 14.0. The van der Waals surface area contributed by atoms with Gasteiger partial charge in [-0.15, -0.1) is 0 Å². The zero-order valence-electron chi connectivity index (χ0n) is 10.3. The van der Waals surface area contributed by atoms with Crippen molar-refractivity contribution in [1.29, 1.82) is 0 Å². The number of hydrogen-bond acceptors (Lipinski definition) is 5. The van der Waals surface area contributed by atoms with Crippen molar-refractivity contribution in [3.05, 3.63) is 27.0 Å². The second-order valence-electron chi connectivity index (χ2n) is 4.44. The second kappa shape index (κ2) is 5.27. The van der Waals surface area contributed by atoms with Crippen LogP contribution in [-0.4, -0.2) is 41.8 Å². The Morgan fingerprint density at radius 1 is 1.37 bits per heavy atom. The zero-order valence-corrected chi connectivity index (χ0v) is 11.1. The van der Waals surface area contributed by atoms with Gasteiger partial charge in [-0.05, 0) is 12.8 Å². The van der Waals surface area contributed by atoms with E-state index in [1.165, 1.54) is 4.31 Å². The van der Waals surface area contributed by atoms with Crippen molar-refractivity contribution in [2.45, 2.75) is 30.2 Å². The number of nitrogens with zero attached hydrogens (tertiary/aromatic N) is 1. The molecule has 9 heteroatoms. The van der Waals surface area contributed by atoms with E-state index in [1.54, 1.807) is 0 Å². The number of aromatic nitrogens is 2. The summed E-state index contributed by atoms with van der Waals surface area (Å²) in [6.45, 7) is 0.545. The summed E-state index contributed by atoms with van der Waals surface area (Å²) in [7, 11) is -3.93. The SMILES string of the molecule is NCC1CCCCN1S(=O)(=O)c1c[nH]c(=O)[nH]c1=O. The monoisotopic (exact) mass is 288 g/mol. The lowest BCUT2D eigenvalue weighted by Crippen LogP contribution is -2.48. The van der Waals surface area contributed by atoms with Crippen LogP contribution in [0.25, 0.3) is 0 Å². The molecule has 4 N–H and O–H groups in total. The van der Waals surface area contributed by atoms with Crippen molar-refractivity contribution in [2.75, 3.05) is 13.1 Å². The number of H-pyrrole nitrogens is 2. The van der Waals surface area contributed by atoms with Gasteiger partial charge in [-0.1, -0.05) is 6.42 Å². The number of rotatable bonds is 3. The van der Waals surface area contributed by atoms with Crippen LogP contribution >= 0.6 is 0 Å². The fourth-order valence-corrected chi connectivity index (χ4v) is 3.94. The maximum absolute atomic E-state index is 12.4. The molecule has 1 aromatic rings. The van der Waals surface area contributed by atoms with Gasteiger partial charge in [0.1, 0.15) is 0 Å². The van der Waals surface area contributed by atoms with Gasteiger partial charge in [0.05, 0.1) is 0 Å². The third-order valence-electron chi connectivity index (χ3n) is 3.22. The Balaban J connectivity index is 2.46. The van der Waals surface area contributed by atoms with Gasteiger partial charge in [-0.3, -0.25) is 9.78 Å². The third kappa shape index (κ3) is 2.62. The van der Waals surface area contributed by atoms with Crippen molar-refractivity contribution < 1.29 is 8.42 Å². The predicted molar refractivity (Wildman–Crippen MR) is 68.3 cm³/mol. The van der Waals surface area contributed by atoms with Gasteiger partial charge >= 0.3 is 5.69 Å². The summed E-state index contributed by atoms with van der Waals surface area (Å²) < 4.78 is 26.1. The average Bonchev–Trinajstić information content (AvgIpc) is 2.38. The molecular formula is C10H16N4O4S. The molecular weight excluding hydrogens is 272 g/mol. The molecule has 0 aromatic carbocycles. The zero-order chi connectivity index (χ0) is 14.0. The molecule has 106 valence electrons. The van der Waals surface area contributed by atoms with Crippen molar-refractivity contribution in [3.8, 4) is 0 Å². The van der Waals surface area contributed by atoms with E-state index in [9.17, 15) is 18.0 Å². The summed E-state index contributed by atoms with van der Waals surface area (Å²) in [4.78, 5) is 26.2. The highest BCUT2D eigenvalue weighted by molar-refractivity contribution is 7.89. The van der Waals surface area contributed by atoms with Crippen LogP contribution in [-0.2, 0) is 10.0 Å². The van der Waals surface area contributed by atoms with Crippen molar-refractivity contribution >= 4 is 10.0 Å². The highest BCUT2D eigenvalue weighted by Gasteiger charge is 2.34. The van der Waals surface area contributed by atoms with Gasteiger partial charge < -0.3 is 10.7 Å². The number of sulfonamides is 1. The topological polar surface area (TPSA) is 129 Å². The Bertz CT molecular complexity index is 663. The van der Waals surface area contributed by atoms with Crippen LogP contribution in [0.15, 0.2) is 20.7 Å². The van der Waals surface area contributed by atoms with E-state index in [0.29, 0.717) is 13.0 Å². The van der Waals surface area contributed by atoms with Crippen LogP contribution in [0.1, 0.15) is 19.3 Å². The number of piperidine rings is 1. The molecule has 2 rings (SSSR count). The number of hydrogen-bond donors (Lipinski definition) is 3. The second-order valence-corrected chi connectivity index (χ2v) is 6.30. The summed E-state index contributed by atoms with van der Waals surface area (Å²) in [6, 6.07) is -0.301. The smallest absolute Gasteiger partial charge is 0.325 e. The van der Waals surface area contributed by atoms with Crippen molar-refractivity contribution in [3.63, 3.8) is 0 Å². The molecule has 0 bridgehead atoms. The number of nitrogens with one attached hydrogen (secondary N) is 2. The Morgan fingerprint density at radius 3 is 2.74 bits per heavy atom. The summed E-state index contributed by atoms with van der Waals surface area (Å²) in [5.74, 6) is 0. The molecule has 1 aliphatic heterocycles. The normalized spacial score (nSPS) is 21.4. The Morgan fingerprint density at radius 2 is 2.11 bits per heavy atom. The third-order valence-corrected chi connectivity index (χ3v) is 5.17. The standard InChI is InChI=1S/C10H16N4O4S/c11-5-7-3-1-2-4-14(7)19(17,18)8-6-12-10(16)13-9(8)15/h6-7H,1-5,11H2,(H2,12,13,15,16). The molecule has 2 heterocycles. The van der Waals surface area contributed by atoms with Crippen LogP contribution in [0, 0.1) is 0 Å². The highest BCUT2D eigenvalue weighted by Crippen LogP contribution is 2.22. The molecule has 1 fully saturated rings. The Hall–Kier alpha value is -1.45. The van der Waals surface area contributed by atoms with Crippen LogP contribution < -0.4 is 17.0 Å². The molecule has 0 saturated carbocycles. The molecule has 19 heavy (non-hydrogen) atoms. The van der Waals surface area contributed by atoms with Gasteiger partial charge in [0.25, 0.3) is 5.56 Å². The summed E-state index contributed by atoms with van der Waals surface area (Å²) >= 11 is 0. The quantitative estimate of drug-likeness (QED) is 0.627. The lowest BCUT2D eigenvalue weighted by molar-refractivity contribution is 0.257. The van der Waals surface area contributed by atoms with E-state index in [1.807, 2.05) is 4.98 Å². The number of nitrogens with two attached hydrogens (primary N) is 1. The molecule has 1 unspecified atom stereocenters. The molecule has 0 amide bonds. The molecule has 0 aliphatic carbocycles.